The van der Waals surface area contributed by atoms with Gasteiger partial charge in [-0.05, 0) is 44.1 Å². The Labute approximate surface area is 176 Å². The van der Waals surface area contributed by atoms with Crippen LogP contribution in [0.4, 0.5) is 4.79 Å². The molecule has 1 aromatic rings. The molecule has 2 aliphatic rings. The van der Waals surface area contributed by atoms with E-state index < -0.39 is 18.2 Å². The van der Waals surface area contributed by atoms with Gasteiger partial charge in [-0.25, -0.2) is 4.79 Å². The molecule has 8 nitrogen and oxygen atoms in total. The van der Waals surface area contributed by atoms with E-state index in [2.05, 4.69) is 22.8 Å². The monoisotopic (exact) mass is 409 g/mol. The Bertz CT molecular complexity index is 786. The van der Waals surface area contributed by atoms with Crippen LogP contribution in [0.1, 0.15) is 44.1 Å². The Morgan fingerprint density at radius 1 is 0.967 bits per heavy atom. The maximum absolute atomic E-state index is 12.5. The van der Waals surface area contributed by atoms with Gasteiger partial charge in [-0.3, -0.25) is 4.79 Å². The number of hydrogen-bond donors (Lipinski definition) is 2. The minimum Gasteiger partial charge on any atom is -0.445 e. The fourth-order valence-electron chi connectivity index (χ4n) is 4.11. The second kappa shape index (κ2) is 10.6. The summed E-state index contributed by atoms with van der Waals surface area (Å²) in [5.74, 6) is -0.199. The van der Waals surface area contributed by atoms with E-state index in [1.165, 1.54) is 4.90 Å². The van der Waals surface area contributed by atoms with Gasteiger partial charge in [0, 0.05) is 12.1 Å². The van der Waals surface area contributed by atoms with Crippen LogP contribution in [-0.2, 0) is 16.1 Å². The molecule has 0 aromatic heterocycles. The summed E-state index contributed by atoms with van der Waals surface area (Å²) in [5, 5.41) is 24.6. The third-order valence-corrected chi connectivity index (χ3v) is 5.78. The lowest BCUT2D eigenvalue weighted by Gasteiger charge is -2.30. The first kappa shape index (κ1) is 21.6. The molecule has 1 saturated heterocycles. The van der Waals surface area contributed by atoms with Gasteiger partial charge >= 0.3 is 6.09 Å². The Kier molecular flexibility index (Phi) is 7.64. The number of nitrogens with zero attached hydrogens (tertiary/aromatic N) is 3. The zero-order chi connectivity index (χ0) is 21.3. The number of ether oxygens (including phenoxy) is 1. The molecule has 0 spiro atoms. The largest absolute Gasteiger partial charge is 0.445 e. The first-order chi connectivity index (χ1) is 14.6. The lowest BCUT2D eigenvalue weighted by molar-refractivity contribution is -0.131. The number of carbonyl (C=O) groups excluding carboxylic acids is 2. The summed E-state index contributed by atoms with van der Waals surface area (Å²) in [4.78, 5) is 25.9. The minimum absolute atomic E-state index is 0.0616. The Morgan fingerprint density at radius 2 is 1.57 bits per heavy atom. The number of amides is 2. The Morgan fingerprint density at radius 3 is 2.17 bits per heavy atom. The Hall–Kier alpha value is -3.10. The highest BCUT2D eigenvalue weighted by atomic mass is 16.5. The first-order valence-corrected chi connectivity index (χ1v) is 10.4. The molecule has 0 unspecified atom stereocenters. The molecule has 1 aliphatic heterocycles. The number of carbonyl (C=O) groups is 2. The molecule has 0 bridgehead atoms. The number of nitriles is 2. The van der Waals surface area contributed by atoms with Crippen molar-refractivity contribution in [3.05, 3.63) is 35.9 Å². The summed E-state index contributed by atoms with van der Waals surface area (Å²) in [6, 6.07) is 13.0. The van der Waals surface area contributed by atoms with Crippen LogP contribution in [-0.4, -0.2) is 47.6 Å². The van der Waals surface area contributed by atoms with Gasteiger partial charge in [0.1, 0.15) is 18.7 Å². The molecule has 158 valence electrons. The van der Waals surface area contributed by atoms with E-state index >= 15 is 0 Å². The molecule has 3 rings (SSSR count). The number of hydrogen-bond acceptors (Lipinski definition) is 6. The molecule has 0 radical (unpaired) electrons. The molecule has 8 heteroatoms. The predicted molar refractivity (Wildman–Crippen MR) is 109 cm³/mol. The van der Waals surface area contributed by atoms with E-state index in [1.807, 2.05) is 30.3 Å². The third-order valence-electron chi connectivity index (χ3n) is 5.78. The van der Waals surface area contributed by atoms with Crippen molar-refractivity contribution in [3.8, 4) is 12.1 Å². The van der Waals surface area contributed by atoms with Crippen molar-refractivity contribution in [3.63, 3.8) is 0 Å². The van der Waals surface area contributed by atoms with E-state index in [9.17, 15) is 20.1 Å². The van der Waals surface area contributed by atoms with Crippen LogP contribution in [0.25, 0.3) is 0 Å². The fourth-order valence-corrected chi connectivity index (χ4v) is 4.11. The molecule has 1 aliphatic carbocycles. The van der Waals surface area contributed by atoms with Gasteiger partial charge in [0.25, 0.3) is 0 Å². The van der Waals surface area contributed by atoms with E-state index in [0.29, 0.717) is 12.8 Å². The fraction of sp³-hybridized carbons (Fsp3) is 0.545. The second-order valence-corrected chi connectivity index (χ2v) is 7.80. The molecule has 2 atom stereocenters. The maximum Gasteiger partial charge on any atom is 0.407 e. The van der Waals surface area contributed by atoms with Crippen molar-refractivity contribution >= 4 is 12.0 Å². The number of rotatable bonds is 6. The number of nitrogens with one attached hydrogen (secondary N) is 2. The van der Waals surface area contributed by atoms with Gasteiger partial charge in [0.2, 0.25) is 5.91 Å². The summed E-state index contributed by atoms with van der Waals surface area (Å²) in [6.07, 6.45) is 3.97. The first-order valence-electron chi connectivity index (χ1n) is 10.4. The number of benzene rings is 1. The zero-order valence-corrected chi connectivity index (χ0v) is 16.9. The van der Waals surface area contributed by atoms with Crippen LogP contribution in [0.2, 0.25) is 0 Å². The lowest BCUT2D eigenvalue weighted by Crippen LogP contribution is -2.48. The number of likely N-dealkylation sites (tertiary alicyclic amines) is 1. The molecule has 2 fully saturated rings. The highest BCUT2D eigenvalue weighted by molar-refractivity contribution is 5.80. The Balaban J connectivity index is 1.35. The third kappa shape index (κ3) is 5.71. The van der Waals surface area contributed by atoms with Crippen molar-refractivity contribution in [1.29, 1.82) is 10.5 Å². The van der Waals surface area contributed by atoms with Crippen molar-refractivity contribution in [1.82, 2.24) is 15.5 Å². The molecule has 2 amide bonds. The number of alkyl carbamates (subject to hydrolysis) is 1. The van der Waals surface area contributed by atoms with Gasteiger partial charge in [-0.1, -0.05) is 30.3 Å². The van der Waals surface area contributed by atoms with Crippen LogP contribution in [0, 0.1) is 22.7 Å². The average Bonchev–Trinajstić information content (AvgIpc) is 3.21. The smallest absolute Gasteiger partial charge is 0.407 e. The van der Waals surface area contributed by atoms with E-state index in [4.69, 9.17) is 4.74 Å². The quantitative estimate of drug-likeness (QED) is 0.744. The minimum atomic E-state index is -0.509. The summed E-state index contributed by atoms with van der Waals surface area (Å²) >= 11 is 0. The van der Waals surface area contributed by atoms with Crippen LogP contribution in [0.5, 0.6) is 0 Å². The maximum atomic E-state index is 12.5. The predicted octanol–water partition coefficient (Wildman–Crippen LogP) is 2.22. The second-order valence-electron chi connectivity index (χ2n) is 7.80. The topological polar surface area (TPSA) is 118 Å². The normalized spacial score (nSPS) is 25.7. The van der Waals surface area contributed by atoms with Gasteiger partial charge < -0.3 is 20.3 Å². The SMILES string of the molecule is N#C[C@@H]1CC[C@H](C#N)N1C(=O)CNC1CCC(NC(=O)OCc2ccccc2)CC1. The average molecular weight is 409 g/mol. The standard InChI is InChI=1S/C22H27N5O3/c23-12-19-10-11-20(13-24)27(19)21(28)14-25-17-6-8-18(9-7-17)26-22(29)30-15-16-4-2-1-3-5-16/h1-5,17-20,25H,6-11,14-15H2,(H,26,29)/t17?,18?,19-,20+. The highest BCUT2D eigenvalue weighted by Crippen LogP contribution is 2.24. The summed E-state index contributed by atoms with van der Waals surface area (Å²) < 4.78 is 5.27. The van der Waals surface area contributed by atoms with Crippen molar-refractivity contribution < 1.29 is 14.3 Å². The molecule has 30 heavy (non-hydrogen) atoms. The molecule has 2 N–H and O–H groups in total. The molecule has 1 saturated carbocycles. The van der Waals surface area contributed by atoms with Crippen LogP contribution >= 0.6 is 0 Å². The van der Waals surface area contributed by atoms with Crippen LogP contribution in [0.15, 0.2) is 30.3 Å². The van der Waals surface area contributed by atoms with E-state index in [0.717, 1.165) is 31.2 Å². The molecular formula is C22H27N5O3. The molecular weight excluding hydrogens is 382 g/mol. The van der Waals surface area contributed by atoms with Crippen molar-refractivity contribution in [2.24, 2.45) is 0 Å². The van der Waals surface area contributed by atoms with Gasteiger partial charge in [-0.2, -0.15) is 10.5 Å². The summed E-state index contributed by atoms with van der Waals surface area (Å²) in [6.45, 7) is 0.369. The zero-order valence-electron chi connectivity index (χ0n) is 16.9. The van der Waals surface area contributed by atoms with Crippen molar-refractivity contribution in [2.75, 3.05) is 6.54 Å². The molecule has 1 aromatic carbocycles. The van der Waals surface area contributed by atoms with E-state index in [-0.39, 0.29) is 31.1 Å². The van der Waals surface area contributed by atoms with Crippen LogP contribution in [0.3, 0.4) is 0 Å². The summed E-state index contributed by atoms with van der Waals surface area (Å²) in [7, 11) is 0. The summed E-state index contributed by atoms with van der Waals surface area (Å²) in [5.41, 5.74) is 0.945. The van der Waals surface area contributed by atoms with Gasteiger partial charge in [0.05, 0.1) is 18.7 Å². The molecule has 1 heterocycles. The van der Waals surface area contributed by atoms with E-state index in [1.54, 1.807) is 0 Å². The van der Waals surface area contributed by atoms with Gasteiger partial charge in [-0.15, -0.1) is 0 Å². The van der Waals surface area contributed by atoms with Crippen molar-refractivity contribution in [2.45, 2.75) is 69.3 Å². The van der Waals surface area contributed by atoms with Gasteiger partial charge in [0.15, 0.2) is 0 Å². The lowest BCUT2D eigenvalue weighted by atomic mass is 9.91. The highest BCUT2D eigenvalue weighted by Gasteiger charge is 2.37. The van der Waals surface area contributed by atoms with Crippen LogP contribution < -0.4 is 10.6 Å².